The minimum atomic E-state index is -0.930. The fraction of sp³-hybridized carbons (Fsp3) is 0.800. The smallest absolute Gasteiger partial charge is 0.303 e. The third-order valence-electron chi connectivity index (χ3n) is 2.25. The maximum absolute atomic E-state index is 11.1. The van der Waals surface area contributed by atoms with Crippen LogP contribution in [0.25, 0.3) is 0 Å². The summed E-state index contributed by atoms with van der Waals surface area (Å²) in [5.41, 5.74) is 0. The Morgan fingerprint density at radius 3 is 2.53 bits per heavy atom. The van der Waals surface area contributed by atoms with Crippen molar-refractivity contribution < 1.29 is 14.7 Å². The first-order valence-electron chi connectivity index (χ1n) is 5.40. The molecule has 0 aromatic carbocycles. The molecular weight excluding hydrogens is 196 g/mol. The standard InChI is InChI=1S/C10H18N2O3/c13-9(4-5-10(14)15)12-7-1-6-11-8-2-3-8/h8,11H,1-7H2,(H,12,13)(H,14,15). The van der Waals surface area contributed by atoms with Crippen LogP contribution in [0, 0.1) is 0 Å². The monoisotopic (exact) mass is 214 g/mol. The topological polar surface area (TPSA) is 78.4 Å². The van der Waals surface area contributed by atoms with E-state index in [0.29, 0.717) is 12.6 Å². The fourth-order valence-corrected chi connectivity index (χ4v) is 1.22. The maximum Gasteiger partial charge on any atom is 0.303 e. The van der Waals surface area contributed by atoms with Crippen molar-refractivity contribution in [2.75, 3.05) is 13.1 Å². The van der Waals surface area contributed by atoms with E-state index >= 15 is 0 Å². The van der Waals surface area contributed by atoms with Gasteiger partial charge in [-0.1, -0.05) is 0 Å². The van der Waals surface area contributed by atoms with Gasteiger partial charge in [-0.15, -0.1) is 0 Å². The van der Waals surface area contributed by atoms with E-state index in [1.807, 2.05) is 0 Å². The molecule has 0 saturated heterocycles. The zero-order valence-corrected chi connectivity index (χ0v) is 8.79. The van der Waals surface area contributed by atoms with Crippen molar-refractivity contribution in [1.82, 2.24) is 10.6 Å². The summed E-state index contributed by atoms with van der Waals surface area (Å²) >= 11 is 0. The number of hydrogen-bond acceptors (Lipinski definition) is 3. The van der Waals surface area contributed by atoms with Crippen molar-refractivity contribution in [2.45, 2.75) is 38.1 Å². The van der Waals surface area contributed by atoms with Crippen LogP contribution in [0.4, 0.5) is 0 Å². The van der Waals surface area contributed by atoms with Gasteiger partial charge in [-0.3, -0.25) is 9.59 Å². The zero-order chi connectivity index (χ0) is 11.1. The lowest BCUT2D eigenvalue weighted by molar-refractivity contribution is -0.138. The van der Waals surface area contributed by atoms with Crippen LogP contribution in [0.1, 0.15) is 32.1 Å². The molecule has 1 saturated carbocycles. The Morgan fingerprint density at radius 1 is 1.20 bits per heavy atom. The molecule has 0 heterocycles. The van der Waals surface area contributed by atoms with E-state index < -0.39 is 5.97 Å². The van der Waals surface area contributed by atoms with Gasteiger partial charge in [-0.25, -0.2) is 0 Å². The summed E-state index contributed by atoms with van der Waals surface area (Å²) < 4.78 is 0. The second-order valence-corrected chi connectivity index (χ2v) is 3.83. The Kier molecular flexibility index (Phi) is 5.10. The Hall–Kier alpha value is -1.10. The van der Waals surface area contributed by atoms with Gasteiger partial charge < -0.3 is 15.7 Å². The molecule has 15 heavy (non-hydrogen) atoms. The number of nitrogens with one attached hydrogen (secondary N) is 2. The van der Waals surface area contributed by atoms with Crippen LogP contribution >= 0.6 is 0 Å². The molecule has 5 heteroatoms. The number of carbonyl (C=O) groups is 2. The lowest BCUT2D eigenvalue weighted by Crippen LogP contribution is -2.28. The Balaban J connectivity index is 1.84. The lowest BCUT2D eigenvalue weighted by atomic mass is 10.3. The number of hydrogen-bond donors (Lipinski definition) is 3. The molecule has 0 aliphatic heterocycles. The highest BCUT2D eigenvalue weighted by atomic mass is 16.4. The van der Waals surface area contributed by atoms with Crippen molar-refractivity contribution in [3.8, 4) is 0 Å². The number of carboxylic acid groups (broad SMARTS) is 1. The number of carbonyl (C=O) groups excluding carboxylic acids is 1. The van der Waals surface area contributed by atoms with Crippen molar-refractivity contribution >= 4 is 11.9 Å². The molecule has 3 N–H and O–H groups in total. The van der Waals surface area contributed by atoms with E-state index in [1.165, 1.54) is 12.8 Å². The van der Waals surface area contributed by atoms with Crippen LogP contribution < -0.4 is 10.6 Å². The maximum atomic E-state index is 11.1. The minimum Gasteiger partial charge on any atom is -0.481 e. The van der Waals surface area contributed by atoms with E-state index in [9.17, 15) is 9.59 Å². The first-order chi connectivity index (χ1) is 7.18. The van der Waals surface area contributed by atoms with Gasteiger partial charge in [0.1, 0.15) is 0 Å². The average molecular weight is 214 g/mol. The summed E-state index contributed by atoms with van der Waals surface area (Å²) in [5, 5.41) is 14.4. The lowest BCUT2D eigenvalue weighted by Gasteiger charge is -2.04. The second-order valence-electron chi connectivity index (χ2n) is 3.83. The molecule has 1 aliphatic rings. The van der Waals surface area contributed by atoms with Crippen LogP contribution in [0.5, 0.6) is 0 Å². The molecule has 86 valence electrons. The zero-order valence-electron chi connectivity index (χ0n) is 8.79. The predicted octanol–water partition coefficient (Wildman–Crippen LogP) is 0.110. The van der Waals surface area contributed by atoms with Crippen LogP contribution in [-0.4, -0.2) is 36.1 Å². The van der Waals surface area contributed by atoms with Crippen molar-refractivity contribution in [3.05, 3.63) is 0 Å². The molecule has 0 radical (unpaired) electrons. The third-order valence-corrected chi connectivity index (χ3v) is 2.25. The van der Waals surface area contributed by atoms with Crippen molar-refractivity contribution in [3.63, 3.8) is 0 Å². The first kappa shape index (κ1) is 12.0. The molecule has 5 nitrogen and oxygen atoms in total. The highest BCUT2D eigenvalue weighted by Crippen LogP contribution is 2.18. The van der Waals surface area contributed by atoms with Gasteiger partial charge in [0.05, 0.1) is 6.42 Å². The minimum absolute atomic E-state index is 0.0748. The quantitative estimate of drug-likeness (QED) is 0.501. The largest absolute Gasteiger partial charge is 0.481 e. The Labute approximate surface area is 89.2 Å². The predicted molar refractivity (Wildman–Crippen MR) is 55.5 cm³/mol. The fourth-order valence-electron chi connectivity index (χ4n) is 1.22. The second kappa shape index (κ2) is 6.40. The van der Waals surface area contributed by atoms with E-state index in [-0.39, 0.29) is 18.7 Å². The SMILES string of the molecule is O=C(O)CCC(=O)NCCCNC1CC1. The molecular formula is C10H18N2O3. The van der Waals surface area contributed by atoms with Crippen molar-refractivity contribution in [2.24, 2.45) is 0 Å². The van der Waals surface area contributed by atoms with Crippen LogP contribution in [-0.2, 0) is 9.59 Å². The number of carboxylic acids is 1. The molecule has 0 aromatic heterocycles. The number of rotatable bonds is 8. The molecule has 0 aromatic rings. The highest BCUT2D eigenvalue weighted by molar-refractivity contribution is 5.80. The summed E-state index contributed by atoms with van der Waals surface area (Å²) in [4.78, 5) is 21.2. The van der Waals surface area contributed by atoms with Gasteiger partial charge in [-0.2, -0.15) is 0 Å². The molecule has 0 atom stereocenters. The van der Waals surface area contributed by atoms with E-state index in [0.717, 1.165) is 13.0 Å². The molecule has 0 unspecified atom stereocenters. The molecule has 0 spiro atoms. The van der Waals surface area contributed by atoms with Gasteiger partial charge in [0.25, 0.3) is 0 Å². The number of amides is 1. The summed E-state index contributed by atoms with van der Waals surface area (Å²) in [6.07, 6.45) is 3.42. The van der Waals surface area contributed by atoms with E-state index in [1.54, 1.807) is 0 Å². The normalized spacial score (nSPS) is 14.9. The molecule has 1 rings (SSSR count). The summed E-state index contributed by atoms with van der Waals surface area (Å²) in [6.45, 7) is 1.54. The van der Waals surface area contributed by atoms with Gasteiger partial charge >= 0.3 is 5.97 Å². The first-order valence-corrected chi connectivity index (χ1v) is 5.40. The van der Waals surface area contributed by atoms with Crippen molar-refractivity contribution in [1.29, 1.82) is 0 Å². The molecule has 0 bridgehead atoms. The van der Waals surface area contributed by atoms with Gasteiger partial charge in [-0.05, 0) is 25.8 Å². The number of aliphatic carboxylic acids is 1. The highest BCUT2D eigenvalue weighted by Gasteiger charge is 2.19. The third kappa shape index (κ3) is 6.90. The van der Waals surface area contributed by atoms with Gasteiger partial charge in [0.2, 0.25) is 5.91 Å². The summed E-state index contributed by atoms with van der Waals surface area (Å²) in [6, 6.07) is 0.702. The Morgan fingerprint density at radius 2 is 1.93 bits per heavy atom. The molecule has 1 fully saturated rings. The molecule has 1 amide bonds. The van der Waals surface area contributed by atoms with Gasteiger partial charge in [0.15, 0.2) is 0 Å². The Bertz CT molecular complexity index is 227. The van der Waals surface area contributed by atoms with Gasteiger partial charge in [0, 0.05) is 19.0 Å². The van der Waals surface area contributed by atoms with Crippen LogP contribution in [0.15, 0.2) is 0 Å². The van der Waals surface area contributed by atoms with Crippen LogP contribution in [0.2, 0.25) is 0 Å². The van der Waals surface area contributed by atoms with Crippen LogP contribution in [0.3, 0.4) is 0 Å². The van der Waals surface area contributed by atoms with E-state index in [4.69, 9.17) is 5.11 Å². The average Bonchev–Trinajstić information content (AvgIpc) is 2.98. The summed E-state index contributed by atoms with van der Waals surface area (Å²) in [7, 11) is 0. The summed E-state index contributed by atoms with van der Waals surface area (Å²) in [5.74, 6) is -1.11. The van der Waals surface area contributed by atoms with E-state index in [2.05, 4.69) is 10.6 Å². The molecule has 1 aliphatic carbocycles.